The highest BCUT2D eigenvalue weighted by atomic mass is 32.2. The molecule has 0 amide bonds. The van der Waals surface area contributed by atoms with E-state index in [2.05, 4.69) is 0 Å². The number of halogens is 1. The average molecular weight is 378 g/mol. The fraction of sp³-hybridized carbons (Fsp3) is 0.118. The van der Waals surface area contributed by atoms with Crippen LogP contribution in [0, 0.1) is 19.7 Å². The van der Waals surface area contributed by atoms with Crippen LogP contribution in [0.15, 0.2) is 51.5 Å². The maximum absolute atomic E-state index is 14.2. The van der Waals surface area contributed by atoms with E-state index in [9.17, 15) is 17.6 Å². The van der Waals surface area contributed by atoms with Crippen molar-refractivity contribution in [1.29, 1.82) is 0 Å². The summed E-state index contributed by atoms with van der Waals surface area (Å²) in [5.41, 5.74) is 3.54. The second-order valence-corrected chi connectivity index (χ2v) is 8.11. The molecule has 0 saturated heterocycles. The molecule has 2 N–H and O–H groups in total. The van der Waals surface area contributed by atoms with Gasteiger partial charge in [-0.3, -0.25) is 9.36 Å². The van der Waals surface area contributed by atoms with Gasteiger partial charge in [-0.1, -0.05) is 23.5 Å². The number of aromatic nitrogens is 1. The van der Waals surface area contributed by atoms with Gasteiger partial charge < -0.3 is 0 Å². The van der Waals surface area contributed by atoms with Crippen molar-refractivity contribution in [2.45, 2.75) is 18.7 Å². The summed E-state index contributed by atoms with van der Waals surface area (Å²) in [6, 6.07) is 9.32. The SMILES string of the molecule is Cc1cc(C)cc(-n2c(-c3ccc(S(N)(=O)=O)c(F)c3)csc2=O)c1. The van der Waals surface area contributed by atoms with E-state index in [1.807, 2.05) is 32.0 Å². The molecule has 5 nitrogen and oxygen atoms in total. The standard InChI is InChI=1S/C17H15FN2O3S2/c1-10-5-11(2)7-13(6-10)20-15(9-24-17(20)21)12-3-4-16(14(18)8-12)25(19,22)23/h3-9H,1-2H3,(H2,19,22,23). The second kappa shape index (κ2) is 6.21. The number of hydrogen-bond donors (Lipinski definition) is 1. The van der Waals surface area contributed by atoms with E-state index in [-0.39, 0.29) is 4.87 Å². The Morgan fingerprint density at radius 1 is 1.08 bits per heavy atom. The molecule has 0 atom stereocenters. The maximum atomic E-state index is 14.2. The Hall–Kier alpha value is -2.29. The first kappa shape index (κ1) is 17.5. The van der Waals surface area contributed by atoms with Gasteiger partial charge in [-0.15, -0.1) is 0 Å². The molecule has 0 radical (unpaired) electrons. The van der Waals surface area contributed by atoms with Crippen LogP contribution in [0.5, 0.6) is 0 Å². The third-order valence-corrected chi connectivity index (χ3v) is 5.36. The number of primary sulfonamides is 1. The number of sulfonamides is 1. The fourth-order valence-electron chi connectivity index (χ4n) is 2.72. The predicted molar refractivity (Wildman–Crippen MR) is 96.2 cm³/mol. The fourth-order valence-corrected chi connectivity index (χ4v) is 4.07. The summed E-state index contributed by atoms with van der Waals surface area (Å²) in [7, 11) is -4.14. The van der Waals surface area contributed by atoms with Crippen LogP contribution in [0.1, 0.15) is 11.1 Å². The highest BCUT2D eigenvalue weighted by Gasteiger charge is 2.17. The monoisotopic (exact) mass is 378 g/mol. The summed E-state index contributed by atoms with van der Waals surface area (Å²) >= 11 is 0.990. The van der Waals surface area contributed by atoms with Gasteiger partial charge in [-0.2, -0.15) is 0 Å². The van der Waals surface area contributed by atoms with Gasteiger partial charge in [0.1, 0.15) is 10.7 Å². The van der Waals surface area contributed by atoms with Crippen LogP contribution in [-0.2, 0) is 10.0 Å². The van der Waals surface area contributed by atoms with E-state index in [1.54, 1.807) is 5.38 Å². The largest absolute Gasteiger partial charge is 0.312 e. The van der Waals surface area contributed by atoms with Gasteiger partial charge in [0.2, 0.25) is 10.0 Å². The molecule has 130 valence electrons. The molecule has 0 aliphatic carbocycles. The molecular weight excluding hydrogens is 363 g/mol. The number of nitrogens with zero attached hydrogens (tertiary/aromatic N) is 1. The average Bonchev–Trinajstić information content (AvgIpc) is 2.86. The minimum Gasteiger partial charge on any atom is -0.267 e. The van der Waals surface area contributed by atoms with Crippen LogP contribution >= 0.6 is 11.3 Å². The number of thiazole rings is 1. The highest BCUT2D eigenvalue weighted by Crippen LogP contribution is 2.27. The number of hydrogen-bond acceptors (Lipinski definition) is 4. The molecule has 25 heavy (non-hydrogen) atoms. The molecule has 1 aromatic heterocycles. The van der Waals surface area contributed by atoms with Crippen LogP contribution in [0.25, 0.3) is 16.9 Å². The molecule has 0 fully saturated rings. The van der Waals surface area contributed by atoms with Crippen molar-refractivity contribution < 1.29 is 12.8 Å². The van der Waals surface area contributed by atoms with Crippen molar-refractivity contribution in [1.82, 2.24) is 4.57 Å². The van der Waals surface area contributed by atoms with E-state index in [0.29, 0.717) is 16.9 Å². The Morgan fingerprint density at radius 3 is 2.28 bits per heavy atom. The number of benzene rings is 2. The van der Waals surface area contributed by atoms with Gasteiger partial charge in [0.25, 0.3) is 0 Å². The number of nitrogens with two attached hydrogens (primary N) is 1. The lowest BCUT2D eigenvalue weighted by Crippen LogP contribution is -2.14. The molecule has 1 heterocycles. The molecule has 0 saturated carbocycles. The first-order valence-corrected chi connectivity index (χ1v) is 9.71. The van der Waals surface area contributed by atoms with E-state index in [1.165, 1.54) is 10.6 Å². The van der Waals surface area contributed by atoms with Crippen molar-refractivity contribution in [2.24, 2.45) is 5.14 Å². The van der Waals surface area contributed by atoms with Crippen LogP contribution < -0.4 is 10.0 Å². The lowest BCUT2D eigenvalue weighted by atomic mass is 10.1. The van der Waals surface area contributed by atoms with Gasteiger partial charge in [-0.25, -0.2) is 17.9 Å². The zero-order chi connectivity index (χ0) is 18.4. The minimum atomic E-state index is -4.14. The summed E-state index contributed by atoms with van der Waals surface area (Å²) in [5, 5.41) is 6.60. The van der Waals surface area contributed by atoms with E-state index in [4.69, 9.17) is 5.14 Å². The molecule has 3 rings (SSSR count). The molecule has 0 spiro atoms. The Balaban J connectivity index is 2.21. The lowest BCUT2D eigenvalue weighted by Gasteiger charge is -2.11. The summed E-state index contributed by atoms with van der Waals surface area (Å²) < 4.78 is 38.3. The summed E-state index contributed by atoms with van der Waals surface area (Å²) in [5.74, 6) is -0.953. The van der Waals surface area contributed by atoms with E-state index < -0.39 is 20.7 Å². The van der Waals surface area contributed by atoms with E-state index in [0.717, 1.165) is 34.6 Å². The third kappa shape index (κ3) is 3.41. The number of aryl methyl sites for hydroxylation is 2. The molecule has 3 aromatic rings. The topological polar surface area (TPSA) is 82.2 Å². The Bertz CT molecular complexity index is 1110. The predicted octanol–water partition coefficient (Wildman–Crippen LogP) is 2.97. The molecule has 0 aliphatic heterocycles. The van der Waals surface area contributed by atoms with Crippen molar-refractivity contribution in [3.05, 3.63) is 68.4 Å². The Kier molecular flexibility index (Phi) is 4.36. The van der Waals surface area contributed by atoms with Crippen molar-refractivity contribution in [3.8, 4) is 16.9 Å². The van der Waals surface area contributed by atoms with Crippen LogP contribution in [0.4, 0.5) is 4.39 Å². The van der Waals surface area contributed by atoms with Crippen molar-refractivity contribution in [2.75, 3.05) is 0 Å². The van der Waals surface area contributed by atoms with Gasteiger partial charge >= 0.3 is 4.87 Å². The zero-order valence-corrected chi connectivity index (χ0v) is 15.1. The summed E-state index contributed by atoms with van der Waals surface area (Å²) in [4.78, 5) is 11.5. The second-order valence-electron chi connectivity index (χ2n) is 5.76. The van der Waals surface area contributed by atoms with Crippen LogP contribution in [0.3, 0.4) is 0 Å². The molecule has 0 unspecified atom stereocenters. The Morgan fingerprint density at radius 2 is 1.72 bits per heavy atom. The van der Waals surface area contributed by atoms with Gasteiger partial charge in [-0.05, 0) is 49.2 Å². The van der Waals surface area contributed by atoms with Gasteiger partial charge in [0, 0.05) is 10.9 Å². The lowest BCUT2D eigenvalue weighted by molar-refractivity contribution is 0.568. The zero-order valence-electron chi connectivity index (χ0n) is 13.5. The van der Waals surface area contributed by atoms with Gasteiger partial charge in [0.15, 0.2) is 0 Å². The van der Waals surface area contributed by atoms with Gasteiger partial charge in [0.05, 0.1) is 11.4 Å². The first-order chi connectivity index (χ1) is 11.7. The normalized spacial score (nSPS) is 11.7. The summed E-state index contributed by atoms with van der Waals surface area (Å²) in [6.07, 6.45) is 0. The van der Waals surface area contributed by atoms with Crippen LogP contribution in [0.2, 0.25) is 0 Å². The molecule has 8 heteroatoms. The highest BCUT2D eigenvalue weighted by molar-refractivity contribution is 7.89. The van der Waals surface area contributed by atoms with Crippen LogP contribution in [-0.4, -0.2) is 13.0 Å². The molecule has 2 aromatic carbocycles. The minimum absolute atomic E-state index is 0.212. The smallest absolute Gasteiger partial charge is 0.267 e. The maximum Gasteiger partial charge on any atom is 0.312 e. The quantitative estimate of drug-likeness (QED) is 0.761. The molecule has 0 aliphatic rings. The molecule has 0 bridgehead atoms. The number of rotatable bonds is 3. The third-order valence-electron chi connectivity index (χ3n) is 3.69. The van der Waals surface area contributed by atoms with Crippen molar-refractivity contribution >= 4 is 21.4 Å². The summed E-state index contributed by atoms with van der Waals surface area (Å²) in [6.45, 7) is 3.85. The Labute approximate surface area is 148 Å². The molecular formula is C17H15FN2O3S2. The van der Waals surface area contributed by atoms with Crippen molar-refractivity contribution in [3.63, 3.8) is 0 Å². The first-order valence-electron chi connectivity index (χ1n) is 7.29. The van der Waals surface area contributed by atoms with E-state index >= 15 is 0 Å².